The molecule has 1 fully saturated rings. The van der Waals surface area contributed by atoms with Gasteiger partial charge in [0.1, 0.15) is 6.61 Å². The Morgan fingerprint density at radius 3 is 2.11 bits per heavy atom. The number of piperidine rings is 1. The molecule has 0 saturated carbocycles. The fraction of sp³-hybridized carbons (Fsp3) is 0.812. The minimum Gasteiger partial charge on any atom is -0.464 e. The zero-order valence-corrected chi connectivity index (χ0v) is 25.1. The Kier molecular flexibility index (Phi) is 21.0. The van der Waals surface area contributed by atoms with Gasteiger partial charge in [0.05, 0.1) is 19.7 Å². The molecule has 1 aliphatic heterocycles. The number of likely N-dealkylation sites (tertiary alicyclic amines) is 1. The molecule has 2 unspecified atom stereocenters. The molecule has 38 heavy (non-hydrogen) atoms. The Hall–Kier alpha value is -1.66. The Morgan fingerprint density at radius 2 is 1.45 bits per heavy atom. The molecule has 0 N–H and O–H groups in total. The highest BCUT2D eigenvalue weighted by Gasteiger charge is 2.25. The van der Waals surface area contributed by atoms with E-state index in [2.05, 4.69) is 50.0 Å². The average Bonchev–Trinajstić information content (AvgIpc) is 2.87. The Balaban J connectivity index is 2.10. The third-order valence-electron chi connectivity index (χ3n) is 7.18. The van der Waals surface area contributed by atoms with Crippen molar-refractivity contribution >= 4 is 11.9 Å². The van der Waals surface area contributed by atoms with E-state index in [0.717, 1.165) is 45.2 Å². The van der Waals surface area contributed by atoms with Gasteiger partial charge in [0, 0.05) is 33.2 Å². The lowest BCUT2D eigenvalue weighted by Gasteiger charge is -2.35. The SMILES string of the molecule is CCCCC/C=C\C/C=C\CCCCCCCC(=O)OCCN(CCOC)C(=O)CN1CC(C)CC(C)C1. The number of carbonyl (C=O) groups is 2. The number of unbranched alkanes of at least 4 members (excludes halogenated alkanes) is 8. The number of nitrogens with zero attached hydrogens (tertiary/aromatic N) is 2. The maximum atomic E-state index is 12.9. The maximum absolute atomic E-state index is 12.9. The van der Waals surface area contributed by atoms with Gasteiger partial charge in [0.25, 0.3) is 0 Å². The van der Waals surface area contributed by atoms with E-state index in [1.165, 1.54) is 44.9 Å². The molecule has 1 aliphatic rings. The Bertz CT molecular complexity index is 654. The van der Waals surface area contributed by atoms with Crippen LogP contribution in [0.1, 0.15) is 104 Å². The van der Waals surface area contributed by atoms with E-state index in [4.69, 9.17) is 9.47 Å². The first-order valence-electron chi connectivity index (χ1n) is 15.4. The number of hydrogen-bond acceptors (Lipinski definition) is 5. The first-order chi connectivity index (χ1) is 18.5. The number of amides is 1. The molecule has 2 atom stereocenters. The number of allylic oxidation sites excluding steroid dienone is 4. The molecule has 220 valence electrons. The molecule has 0 spiro atoms. The molecule has 1 rings (SSSR count). The fourth-order valence-electron chi connectivity index (χ4n) is 5.20. The van der Waals surface area contributed by atoms with Crippen LogP contribution >= 0.6 is 0 Å². The fourth-order valence-corrected chi connectivity index (χ4v) is 5.20. The van der Waals surface area contributed by atoms with E-state index in [9.17, 15) is 9.59 Å². The number of hydrogen-bond donors (Lipinski definition) is 0. The van der Waals surface area contributed by atoms with E-state index < -0.39 is 0 Å². The minimum atomic E-state index is -0.159. The van der Waals surface area contributed by atoms with Crippen LogP contribution in [0.15, 0.2) is 24.3 Å². The summed E-state index contributed by atoms with van der Waals surface area (Å²) in [6.07, 6.45) is 23.6. The zero-order valence-electron chi connectivity index (χ0n) is 25.1. The number of methoxy groups -OCH3 is 1. The van der Waals surface area contributed by atoms with Gasteiger partial charge in [-0.3, -0.25) is 14.5 Å². The normalized spacial score (nSPS) is 18.4. The van der Waals surface area contributed by atoms with E-state index in [-0.39, 0.29) is 18.5 Å². The third kappa shape index (κ3) is 18.6. The number of carbonyl (C=O) groups excluding carboxylic acids is 2. The molecular formula is C32H58N2O4. The Labute approximate surface area is 234 Å². The first-order valence-corrected chi connectivity index (χ1v) is 15.4. The number of ether oxygens (including phenoxy) is 2. The van der Waals surface area contributed by atoms with Crippen molar-refractivity contribution in [1.82, 2.24) is 9.80 Å². The van der Waals surface area contributed by atoms with Gasteiger partial charge in [0.15, 0.2) is 0 Å². The minimum absolute atomic E-state index is 0.0908. The highest BCUT2D eigenvalue weighted by molar-refractivity contribution is 5.78. The number of rotatable bonds is 22. The van der Waals surface area contributed by atoms with Crippen molar-refractivity contribution in [3.63, 3.8) is 0 Å². The second-order valence-corrected chi connectivity index (χ2v) is 11.2. The summed E-state index contributed by atoms with van der Waals surface area (Å²) in [6.45, 7) is 10.8. The van der Waals surface area contributed by atoms with Gasteiger partial charge in [0.2, 0.25) is 5.91 Å². The standard InChI is InChI=1S/C32H58N2O4/c1-5-6-7-8-9-10-11-12-13-14-15-16-17-18-19-20-32(36)38-24-22-34(21-23-37-4)31(35)28-33-26-29(2)25-30(3)27-33/h9-10,12-13,29-30H,5-8,11,14-28H2,1-4H3/b10-9-,13-12-. The van der Waals surface area contributed by atoms with Gasteiger partial charge in [-0.1, -0.05) is 77.2 Å². The zero-order chi connectivity index (χ0) is 27.8. The maximum Gasteiger partial charge on any atom is 0.305 e. The molecule has 0 aromatic heterocycles. The molecule has 0 aromatic rings. The van der Waals surface area contributed by atoms with Gasteiger partial charge in [-0.25, -0.2) is 0 Å². The van der Waals surface area contributed by atoms with Crippen LogP contribution in [0.2, 0.25) is 0 Å². The van der Waals surface area contributed by atoms with Crippen LogP contribution < -0.4 is 0 Å². The molecule has 1 heterocycles. The predicted molar refractivity (Wildman–Crippen MR) is 158 cm³/mol. The summed E-state index contributed by atoms with van der Waals surface area (Å²) in [7, 11) is 1.64. The van der Waals surface area contributed by atoms with Crippen molar-refractivity contribution in [2.24, 2.45) is 11.8 Å². The van der Waals surface area contributed by atoms with E-state index >= 15 is 0 Å². The van der Waals surface area contributed by atoms with Gasteiger partial charge in [-0.2, -0.15) is 0 Å². The van der Waals surface area contributed by atoms with Crippen molar-refractivity contribution in [2.75, 3.05) is 53.0 Å². The third-order valence-corrected chi connectivity index (χ3v) is 7.18. The van der Waals surface area contributed by atoms with Crippen molar-refractivity contribution in [2.45, 2.75) is 104 Å². The highest BCUT2D eigenvalue weighted by atomic mass is 16.5. The van der Waals surface area contributed by atoms with E-state index in [1.54, 1.807) is 12.0 Å². The van der Waals surface area contributed by atoms with Crippen LogP contribution in [0.3, 0.4) is 0 Å². The monoisotopic (exact) mass is 534 g/mol. The largest absolute Gasteiger partial charge is 0.464 e. The quantitative estimate of drug-likeness (QED) is 0.0869. The Morgan fingerprint density at radius 1 is 0.842 bits per heavy atom. The number of esters is 1. The van der Waals surface area contributed by atoms with Crippen LogP contribution in [-0.2, 0) is 19.1 Å². The van der Waals surface area contributed by atoms with Gasteiger partial charge in [-0.05, 0) is 56.8 Å². The summed E-state index contributed by atoms with van der Waals surface area (Å²) >= 11 is 0. The van der Waals surface area contributed by atoms with Crippen LogP contribution in [0.5, 0.6) is 0 Å². The second-order valence-electron chi connectivity index (χ2n) is 11.2. The summed E-state index contributed by atoms with van der Waals surface area (Å²) in [5, 5.41) is 0. The molecule has 0 aromatic carbocycles. The topological polar surface area (TPSA) is 59.1 Å². The van der Waals surface area contributed by atoms with Gasteiger partial charge in [-0.15, -0.1) is 0 Å². The first kappa shape index (κ1) is 34.4. The summed E-state index contributed by atoms with van der Waals surface area (Å²) in [5.41, 5.74) is 0. The summed E-state index contributed by atoms with van der Waals surface area (Å²) in [4.78, 5) is 29.1. The van der Waals surface area contributed by atoms with Crippen LogP contribution in [0, 0.1) is 11.8 Å². The average molecular weight is 535 g/mol. The van der Waals surface area contributed by atoms with E-state index in [0.29, 0.717) is 44.5 Å². The highest BCUT2D eigenvalue weighted by Crippen LogP contribution is 2.20. The lowest BCUT2D eigenvalue weighted by molar-refractivity contribution is -0.146. The van der Waals surface area contributed by atoms with Crippen molar-refractivity contribution in [1.29, 1.82) is 0 Å². The molecule has 1 saturated heterocycles. The summed E-state index contributed by atoms with van der Waals surface area (Å²) < 4.78 is 10.6. The summed E-state index contributed by atoms with van der Waals surface area (Å²) in [5.74, 6) is 1.17. The molecular weight excluding hydrogens is 476 g/mol. The van der Waals surface area contributed by atoms with E-state index in [1.807, 2.05) is 0 Å². The van der Waals surface area contributed by atoms with Crippen LogP contribution in [-0.4, -0.2) is 74.7 Å². The molecule has 6 heteroatoms. The smallest absolute Gasteiger partial charge is 0.305 e. The van der Waals surface area contributed by atoms with Crippen molar-refractivity contribution in [3.05, 3.63) is 24.3 Å². The van der Waals surface area contributed by atoms with Crippen molar-refractivity contribution < 1.29 is 19.1 Å². The van der Waals surface area contributed by atoms with Gasteiger partial charge < -0.3 is 14.4 Å². The van der Waals surface area contributed by atoms with Gasteiger partial charge >= 0.3 is 5.97 Å². The lowest BCUT2D eigenvalue weighted by Crippen LogP contribution is -2.47. The molecule has 0 bridgehead atoms. The molecule has 1 amide bonds. The van der Waals surface area contributed by atoms with Crippen LogP contribution in [0.25, 0.3) is 0 Å². The lowest BCUT2D eigenvalue weighted by atomic mass is 9.92. The van der Waals surface area contributed by atoms with Crippen LogP contribution in [0.4, 0.5) is 0 Å². The molecule has 0 radical (unpaired) electrons. The molecule has 0 aliphatic carbocycles. The molecule has 6 nitrogen and oxygen atoms in total. The summed E-state index contributed by atoms with van der Waals surface area (Å²) in [6, 6.07) is 0. The van der Waals surface area contributed by atoms with Crippen molar-refractivity contribution in [3.8, 4) is 0 Å². The predicted octanol–water partition coefficient (Wildman–Crippen LogP) is 6.80. The second kappa shape index (κ2) is 23.2.